The molecular formula is C24H25NO3. The number of nitrogens with one attached hydrogen (secondary N) is 1. The Kier molecular flexibility index (Phi) is 7.36. The molecule has 4 heteroatoms. The van der Waals surface area contributed by atoms with Crippen molar-refractivity contribution >= 4 is 5.91 Å². The Bertz CT molecular complexity index is 859. The van der Waals surface area contributed by atoms with Crippen molar-refractivity contribution in [3.05, 3.63) is 107 Å². The molecule has 0 heterocycles. The van der Waals surface area contributed by atoms with Crippen LogP contribution in [0.25, 0.3) is 0 Å². The minimum atomic E-state index is -0.0840. The molecule has 0 spiro atoms. The molecule has 4 nitrogen and oxygen atoms in total. The van der Waals surface area contributed by atoms with E-state index in [2.05, 4.69) is 17.4 Å². The van der Waals surface area contributed by atoms with Crippen molar-refractivity contribution in [3.63, 3.8) is 0 Å². The lowest BCUT2D eigenvalue weighted by Gasteiger charge is -2.08. The first kappa shape index (κ1) is 19.8. The van der Waals surface area contributed by atoms with E-state index in [0.717, 1.165) is 22.3 Å². The van der Waals surface area contributed by atoms with Crippen LogP contribution in [0.3, 0.4) is 0 Å². The smallest absolute Gasteiger partial charge is 0.251 e. The molecule has 0 bridgehead atoms. The quantitative estimate of drug-likeness (QED) is 0.600. The highest BCUT2D eigenvalue weighted by Crippen LogP contribution is 2.09. The maximum absolute atomic E-state index is 12.3. The lowest BCUT2D eigenvalue weighted by Crippen LogP contribution is -2.22. The van der Waals surface area contributed by atoms with Gasteiger partial charge in [0.2, 0.25) is 0 Å². The van der Waals surface area contributed by atoms with Crippen molar-refractivity contribution in [2.75, 3.05) is 7.11 Å². The Morgan fingerprint density at radius 3 is 1.89 bits per heavy atom. The van der Waals surface area contributed by atoms with Gasteiger partial charge in [0.25, 0.3) is 5.91 Å². The molecule has 0 aliphatic carbocycles. The van der Waals surface area contributed by atoms with Crippen LogP contribution in [0, 0.1) is 0 Å². The van der Waals surface area contributed by atoms with Gasteiger partial charge in [-0.25, -0.2) is 0 Å². The Hall–Kier alpha value is -2.95. The summed E-state index contributed by atoms with van der Waals surface area (Å²) in [6.07, 6.45) is 0. The normalized spacial score (nSPS) is 10.6. The summed E-state index contributed by atoms with van der Waals surface area (Å²) in [7, 11) is 1.65. The van der Waals surface area contributed by atoms with Crippen LogP contribution in [-0.4, -0.2) is 13.0 Å². The van der Waals surface area contributed by atoms with Gasteiger partial charge in [0.05, 0.1) is 19.8 Å². The molecule has 3 aromatic rings. The average molecular weight is 375 g/mol. The van der Waals surface area contributed by atoms with E-state index in [1.807, 2.05) is 66.7 Å². The van der Waals surface area contributed by atoms with Crippen molar-refractivity contribution in [3.8, 4) is 0 Å². The topological polar surface area (TPSA) is 47.6 Å². The van der Waals surface area contributed by atoms with Gasteiger partial charge in [0.15, 0.2) is 0 Å². The molecule has 3 rings (SSSR count). The second-order valence-corrected chi connectivity index (χ2v) is 6.61. The monoisotopic (exact) mass is 375 g/mol. The number of hydrogen-bond acceptors (Lipinski definition) is 3. The fourth-order valence-electron chi connectivity index (χ4n) is 2.82. The first-order chi connectivity index (χ1) is 13.7. The third-order valence-electron chi connectivity index (χ3n) is 4.38. The van der Waals surface area contributed by atoms with Crippen molar-refractivity contribution in [1.29, 1.82) is 0 Å². The fourth-order valence-corrected chi connectivity index (χ4v) is 2.82. The van der Waals surface area contributed by atoms with Crippen molar-refractivity contribution < 1.29 is 14.3 Å². The summed E-state index contributed by atoms with van der Waals surface area (Å²) >= 11 is 0. The lowest BCUT2D eigenvalue weighted by molar-refractivity contribution is 0.0950. The highest BCUT2D eigenvalue weighted by molar-refractivity contribution is 5.94. The predicted molar refractivity (Wildman–Crippen MR) is 110 cm³/mol. The van der Waals surface area contributed by atoms with Crippen LogP contribution in [0.5, 0.6) is 0 Å². The van der Waals surface area contributed by atoms with Crippen molar-refractivity contribution in [1.82, 2.24) is 5.32 Å². The molecule has 0 unspecified atom stereocenters. The highest BCUT2D eigenvalue weighted by atomic mass is 16.5. The Labute approximate surface area is 166 Å². The van der Waals surface area contributed by atoms with Crippen LogP contribution >= 0.6 is 0 Å². The summed E-state index contributed by atoms with van der Waals surface area (Å²) in [5.74, 6) is -0.0840. The van der Waals surface area contributed by atoms with Gasteiger partial charge in [-0.2, -0.15) is 0 Å². The molecule has 1 amide bonds. The van der Waals surface area contributed by atoms with Crippen molar-refractivity contribution in [2.45, 2.75) is 26.4 Å². The molecule has 0 radical (unpaired) electrons. The fraction of sp³-hybridized carbons (Fsp3) is 0.208. The van der Waals surface area contributed by atoms with E-state index in [1.54, 1.807) is 7.11 Å². The number of carbonyl (C=O) groups is 1. The van der Waals surface area contributed by atoms with Gasteiger partial charge in [0.1, 0.15) is 0 Å². The number of ether oxygens (including phenoxy) is 2. The molecule has 28 heavy (non-hydrogen) atoms. The molecule has 1 N–H and O–H groups in total. The predicted octanol–water partition coefficient (Wildman–Crippen LogP) is 4.48. The van der Waals surface area contributed by atoms with E-state index in [0.29, 0.717) is 31.9 Å². The molecule has 3 aromatic carbocycles. The van der Waals surface area contributed by atoms with Crippen LogP contribution in [0.4, 0.5) is 0 Å². The van der Waals surface area contributed by atoms with E-state index in [4.69, 9.17) is 9.47 Å². The first-order valence-electron chi connectivity index (χ1n) is 9.30. The number of methoxy groups -OCH3 is 1. The second-order valence-electron chi connectivity index (χ2n) is 6.61. The summed E-state index contributed by atoms with van der Waals surface area (Å²) in [6.45, 7) is 2.20. The van der Waals surface area contributed by atoms with Gasteiger partial charge < -0.3 is 14.8 Å². The van der Waals surface area contributed by atoms with Gasteiger partial charge in [-0.15, -0.1) is 0 Å². The molecule has 0 saturated heterocycles. The molecule has 0 aliphatic rings. The minimum absolute atomic E-state index is 0.0840. The first-order valence-corrected chi connectivity index (χ1v) is 9.30. The molecular weight excluding hydrogens is 350 g/mol. The number of benzene rings is 3. The Morgan fingerprint density at radius 2 is 1.25 bits per heavy atom. The third kappa shape index (κ3) is 6.05. The maximum Gasteiger partial charge on any atom is 0.251 e. The third-order valence-corrected chi connectivity index (χ3v) is 4.38. The largest absolute Gasteiger partial charge is 0.380 e. The molecule has 0 aliphatic heterocycles. The standard InChI is InChI=1S/C24H25NO3/c1-27-16-21-11-13-23(14-12-21)24(26)25-15-19-7-9-22(10-8-19)18-28-17-20-5-3-2-4-6-20/h2-14H,15-18H2,1H3,(H,25,26). The molecule has 0 saturated carbocycles. The Morgan fingerprint density at radius 1 is 0.714 bits per heavy atom. The van der Waals surface area contributed by atoms with Crippen LogP contribution in [0.1, 0.15) is 32.6 Å². The summed E-state index contributed by atoms with van der Waals surface area (Å²) in [5.41, 5.74) is 5.02. The number of rotatable bonds is 9. The summed E-state index contributed by atoms with van der Waals surface area (Å²) in [5, 5.41) is 2.95. The van der Waals surface area contributed by atoms with Gasteiger partial charge >= 0.3 is 0 Å². The minimum Gasteiger partial charge on any atom is -0.380 e. The number of carbonyl (C=O) groups excluding carboxylic acids is 1. The van der Waals surface area contributed by atoms with E-state index in [1.165, 1.54) is 0 Å². The summed E-state index contributed by atoms with van der Waals surface area (Å²) in [6, 6.07) is 25.7. The molecule has 0 aromatic heterocycles. The average Bonchev–Trinajstić information content (AvgIpc) is 2.74. The van der Waals surface area contributed by atoms with Crippen LogP contribution in [0.15, 0.2) is 78.9 Å². The number of amides is 1. The van der Waals surface area contributed by atoms with Gasteiger partial charge in [-0.1, -0.05) is 66.7 Å². The van der Waals surface area contributed by atoms with Gasteiger partial charge in [0, 0.05) is 19.2 Å². The van der Waals surface area contributed by atoms with Crippen LogP contribution in [-0.2, 0) is 35.8 Å². The van der Waals surface area contributed by atoms with Crippen LogP contribution < -0.4 is 5.32 Å². The zero-order valence-corrected chi connectivity index (χ0v) is 16.1. The Balaban J connectivity index is 1.44. The van der Waals surface area contributed by atoms with Crippen molar-refractivity contribution in [2.24, 2.45) is 0 Å². The highest BCUT2D eigenvalue weighted by Gasteiger charge is 2.05. The van der Waals surface area contributed by atoms with E-state index in [9.17, 15) is 4.79 Å². The van der Waals surface area contributed by atoms with Gasteiger partial charge in [-0.3, -0.25) is 4.79 Å². The van der Waals surface area contributed by atoms with E-state index in [-0.39, 0.29) is 5.91 Å². The van der Waals surface area contributed by atoms with Gasteiger partial charge in [-0.05, 0) is 34.4 Å². The SMILES string of the molecule is COCc1ccc(C(=O)NCc2ccc(COCc3ccccc3)cc2)cc1. The molecule has 0 fully saturated rings. The maximum atomic E-state index is 12.3. The molecule has 0 atom stereocenters. The molecule has 144 valence electrons. The lowest BCUT2D eigenvalue weighted by atomic mass is 10.1. The van der Waals surface area contributed by atoms with E-state index >= 15 is 0 Å². The van der Waals surface area contributed by atoms with E-state index < -0.39 is 0 Å². The zero-order chi connectivity index (χ0) is 19.6. The summed E-state index contributed by atoms with van der Waals surface area (Å²) in [4.78, 5) is 12.3. The summed E-state index contributed by atoms with van der Waals surface area (Å²) < 4.78 is 10.8. The number of hydrogen-bond donors (Lipinski definition) is 1. The zero-order valence-electron chi connectivity index (χ0n) is 16.1. The van der Waals surface area contributed by atoms with Crippen LogP contribution in [0.2, 0.25) is 0 Å². The second kappa shape index (κ2) is 10.4.